The third-order valence-electron chi connectivity index (χ3n) is 1.88. The Morgan fingerprint density at radius 1 is 0.938 bits per heavy atom. The maximum Gasteiger partial charge on any atom is 0.316 e. The van der Waals surface area contributed by atoms with E-state index in [1.54, 1.807) is 12.1 Å². The summed E-state index contributed by atoms with van der Waals surface area (Å²) in [6.45, 7) is 0. The van der Waals surface area contributed by atoms with Crippen LogP contribution in [-0.2, 0) is 0 Å². The summed E-state index contributed by atoms with van der Waals surface area (Å²) < 4.78 is 19.1. The molecule has 16 heavy (non-hydrogen) atoms. The first-order valence-electron chi connectivity index (χ1n) is 4.43. The molecule has 0 saturated carbocycles. The van der Waals surface area contributed by atoms with E-state index in [0.29, 0.717) is 11.5 Å². The van der Waals surface area contributed by atoms with E-state index in [4.69, 9.17) is 4.74 Å². The number of hydrogen-bond donors (Lipinski definition) is 0. The number of benzene rings is 2. The van der Waals surface area contributed by atoms with Crippen LogP contribution in [0.1, 0.15) is 0 Å². The number of para-hydroxylation sites is 1. The summed E-state index contributed by atoms with van der Waals surface area (Å²) in [7, 11) is 0. The predicted molar refractivity (Wildman–Crippen MR) is 69.2 cm³/mol. The summed E-state index contributed by atoms with van der Waals surface area (Å²) in [5.74, 6) is 1.06. The van der Waals surface area contributed by atoms with Crippen LogP contribution in [0.2, 0.25) is 0 Å². The highest BCUT2D eigenvalue weighted by molar-refractivity contribution is 9.10. The fourth-order valence-electron chi connectivity index (χ4n) is 1.16. The van der Waals surface area contributed by atoms with E-state index in [2.05, 4.69) is 15.9 Å². The molecular weight excluding hydrogens is 283 g/mol. The average molecular weight is 293 g/mol. The largest absolute Gasteiger partial charge is 0.456 e. The van der Waals surface area contributed by atoms with Gasteiger partial charge in [-0.3, -0.25) is 0 Å². The fraction of sp³-hybridized carbons (Fsp3) is 0. The molecule has 0 radical (unpaired) electrons. The van der Waals surface area contributed by atoms with Crippen LogP contribution in [0, 0.1) is 5.82 Å². The Morgan fingerprint density at radius 2 is 1.56 bits per heavy atom. The number of ether oxygens (including phenoxy) is 1. The second kappa shape index (κ2) is 6.23. The maximum absolute atomic E-state index is 12.6. The number of rotatable bonds is 2. The topological polar surface area (TPSA) is 9.23 Å². The van der Waals surface area contributed by atoms with Gasteiger partial charge in [-0.25, -0.2) is 4.39 Å². The highest BCUT2D eigenvalue weighted by Gasteiger charge is 2.00. The molecule has 2 aromatic carbocycles. The van der Waals surface area contributed by atoms with Gasteiger partial charge in [0.15, 0.2) is 0 Å². The second-order valence-electron chi connectivity index (χ2n) is 2.99. The van der Waals surface area contributed by atoms with Crippen LogP contribution in [-0.4, -0.2) is 23.1 Å². The molecule has 0 atom stereocenters. The lowest BCUT2D eigenvalue weighted by Gasteiger charge is -2.06. The van der Waals surface area contributed by atoms with Crippen molar-refractivity contribution in [3.63, 3.8) is 0 Å². The summed E-state index contributed by atoms with van der Waals surface area (Å²) in [6.07, 6.45) is 0. The molecule has 0 fully saturated rings. The summed E-state index contributed by atoms with van der Waals surface area (Å²) in [6, 6.07) is 13.4. The number of hydrogen-bond acceptors (Lipinski definition) is 1. The molecule has 1 nitrogen and oxygen atoms in total. The van der Waals surface area contributed by atoms with Gasteiger partial charge in [0, 0.05) is 0 Å². The first-order valence-corrected chi connectivity index (χ1v) is 5.23. The summed E-state index contributed by atoms with van der Waals surface area (Å²) >= 11 is 3.37. The van der Waals surface area contributed by atoms with Crippen LogP contribution in [0.25, 0.3) is 0 Å². The highest BCUT2D eigenvalue weighted by Crippen LogP contribution is 2.28. The van der Waals surface area contributed by atoms with Gasteiger partial charge in [0.25, 0.3) is 0 Å². The van der Waals surface area contributed by atoms with Crippen molar-refractivity contribution in [3.8, 4) is 11.5 Å². The maximum atomic E-state index is 12.6. The van der Waals surface area contributed by atoms with Crippen molar-refractivity contribution in [1.82, 2.24) is 0 Å². The Kier molecular flexibility index (Phi) is 5.25. The summed E-state index contributed by atoms with van der Waals surface area (Å²) in [5, 5.41) is 0. The molecule has 0 bridgehead atoms. The van der Waals surface area contributed by atoms with E-state index >= 15 is 0 Å². The molecule has 0 spiro atoms. The molecule has 0 aliphatic heterocycles. The second-order valence-corrected chi connectivity index (χ2v) is 3.84. The van der Waals surface area contributed by atoms with Gasteiger partial charge in [-0.1, -0.05) is 12.1 Å². The standard InChI is InChI=1S/C12H8BrFO.Mg.2H/c13-11-3-1-2-4-12(11)15-10-7-5-9(14)6-8-10;;;/h1-8H;;;. The quantitative estimate of drug-likeness (QED) is 0.771. The van der Waals surface area contributed by atoms with Gasteiger partial charge < -0.3 is 4.74 Å². The SMILES string of the molecule is Fc1ccc(Oc2ccccc2Br)cc1.[MgH2]. The molecule has 4 heteroatoms. The van der Waals surface area contributed by atoms with Gasteiger partial charge in [0.05, 0.1) is 4.47 Å². The lowest BCUT2D eigenvalue weighted by molar-refractivity contribution is 0.477. The van der Waals surface area contributed by atoms with Crippen molar-refractivity contribution in [2.24, 2.45) is 0 Å². The van der Waals surface area contributed by atoms with E-state index in [9.17, 15) is 4.39 Å². The molecule has 0 aromatic heterocycles. The van der Waals surface area contributed by atoms with Gasteiger partial charge in [0.2, 0.25) is 0 Å². The van der Waals surface area contributed by atoms with Gasteiger partial charge in [-0.05, 0) is 52.3 Å². The predicted octanol–water partition coefficient (Wildman–Crippen LogP) is 3.46. The molecule has 0 unspecified atom stereocenters. The summed E-state index contributed by atoms with van der Waals surface area (Å²) in [5.41, 5.74) is 0. The zero-order valence-electron chi connectivity index (χ0n) is 7.78. The van der Waals surface area contributed by atoms with Crippen molar-refractivity contribution in [2.45, 2.75) is 0 Å². The van der Waals surface area contributed by atoms with Crippen molar-refractivity contribution >= 4 is 39.0 Å². The van der Waals surface area contributed by atoms with E-state index in [0.717, 1.165) is 4.47 Å². The molecule has 0 heterocycles. The monoisotopic (exact) mass is 292 g/mol. The smallest absolute Gasteiger partial charge is 0.316 e. The zero-order valence-corrected chi connectivity index (χ0v) is 9.37. The molecule has 80 valence electrons. The molecule has 0 aliphatic rings. The third-order valence-corrected chi connectivity index (χ3v) is 2.53. The number of halogens is 2. The molecular formula is C12H10BrFMgO. The first kappa shape index (κ1) is 13.5. The Morgan fingerprint density at radius 3 is 2.19 bits per heavy atom. The van der Waals surface area contributed by atoms with Crippen LogP contribution in [0.3, 0.4) is 0 Å². The Balaban J connectivity index is 0.00000128. The van der Waals surface area contributed by atoms with Crippen LogP contribution < -0.4 is 4.74 Å². The normalized spacial score (nSPS) is 9.38. The van der Waals surface area contributed by atoms with E-state index < -0.39 is 0 Å². The van der Waals surface area contributed by atoms with Gasteiger partial charge in [0.1, 0.15) is 17.3 Å². The molecule has 2 aromatic rings. The van der Waals surface area contributed by atoms with Crippen LogP contribution >= 0.6 is 15.9 Å². The first-order chi connectivity index (χ1) is 7.25. The van der Waals surface area contributed by atoms with Gasteiger partial charge in [-0.15, -0.1) is 0 Å². The molecule has 0 amide bonds. The molecule has 0 N–H and O–H groups in total. The molecule has 0 aliphatic carbocycles. The van der Waals surface area contributed by atoms with E-state index in [1.165, 1.54) is 12.1 Å². The van der Waals surface area contributed by atoms with Gasteiger partial charge >= 0.3 is 23.1 Å². The molecule has 2 rings (SSSR count). The van der Waals surface area contributed by atoms with Crippen LogP contribution in [0.5, 0.6) is 11.5 Å². The Hall–Kier alpha value is -0.584. The molecule has 0 saturated heterocycles. The van der Waals surface area contributed by atoms with Crippen molar-refractivity contribution in [3.05, 3.63) is 58.8 Å². The van der Waals surface area contributed by atoms with Crippen molar-refractivity contribution < 1.29 is 9.13 Å². The minimum atomic E-state index is -0.269. The minimum absolute atomic E-state index is 0. The summed E-state index contributed by atoms with van der Waals surface area (Å²) in [4.78, 5) is 0. The van der Waals surface area contributed by atoms with Crippen molar-refractivity contribution in [2.75, 3.05) is 0 Å². The lowest BCUT2D eigenvalue weighted by Crippen LogP contribution is -1.85. The Labute approximate surface area is 118 Å². The van der Waals surface area contributed by atoms with Gasteiger partial charge in [-0.2, -0.15) is 0 Å². The van der Waals surface area contributed by atoms with Crippen LogP contribution in [0.15, 0.2) is 53.0 Å². The zero-order chi connectivity index (χ0) is 10.7. The lowest BCUT2D eigenvalue weighted by atomic mass is 10.3. The highest BCUT2D eigenvalue weighted by atomic mass is 79.9. The third kappa shape index (κ3) is 3.47. The van der Waals surface area contributed by atoms with E-state index in [-0.39, 0.29) is 28.9 Å². The average Bonchev–Trinajstić information content (AvgIpc) is 2.25. The fourth-order valence-corrected chi connectivity index (χ4v) is 1.52. The van der Waals surface area contributed by atoms with E-state index in [1.807, 2.05) is 24.3 Å². The van der Waals surface area contributed by atoms with Crippen LogP contribution in [0.4, 0.5) is 4.39 Å². The Bertz CT molecular complexity index is 459. The van der Waals surface area contributed by atoms with Crippen molar-refractivity contribution in [1.29, 1.82) is 0 Å². The minimum Gasteiger partial charge on any atom is -0.456 e.